The van der Waals surface area contributed by atoms with Gasteiger partial charge >= 0.3 is 0 Å². The maximum absolute atomic E-state index is 10.4. The van der Waals surface area contributed by atoms with E-state index in [1.165, 1.54) is 0 Å². The summed E-state index contributed by atoms with van der Waals surface area (Å²) in [5.74, 6) is 1.03. The highest BCUT2D eigenvalue weighted by Gasteiger charge is 2.24. The van der Waals surface area contributed by atoms with Crippen molar-refractivity contribution < 1.29 is 5.11 Å². The molecule has 2 aromatic heterocycles. The van der Waals surface area contributed by atoms with E-state index in [0.717, 1.165) is 11.5 Å². The van der Waals surface area contributed by atoms with Crippen LogP contribution in [0.5, 0.6) is 0 Å². The van der Waals surface area contributed by atoms with Crippen LogP contribution in [0.4, 0.5) is 0 Å². The van der Waals surface area contributed by atoms with Crippen molar-refractivity contribution in [3.63, 3.8) is 0 Å². The van der Waals surface area contributed by atoms with E-state index in [2.05, 4.69) is 10.1 Å². The first kappa shape index (κ1) is 14.1. The number of hydrogen-bond donors (Lipinski definition) is 1. The summed E-state index contributed by atoms with van der Waals surface area (Å²) < 4.78 is 3.50. The molecule has 0 bridgehead atoms. The molecule has 1 atom stereocenters. The highest BCUT2D eigenvalue weighted by molar-refractivity contribution is 6.30. The molecule has 0 amide bonds. The Kier molecular flexibility index (Phi) is 3.96. The average molecular weight is 283 g/mol. The van der Waals surface area contributed by atoms with Crippen molar-refractivity contribution >= 4 is 11.6 Å². The highest BCUT2D eigenvalue weighted by atomic mass is 35.5. The second-order valence-electron chi connectivity index (χ2n) is 5.04. The SMILES string of the molecule is CC(C)c1nn(C)c(Cl)c1C(O)Cc1nccn1C. The van der Waals surface area contributed by atoms with Crippen molar-refractivity contribution in [2.24, 2.45) is 14.1 Å². The average Bonchev–Trinajstić information content (AvgIpc) is 2.85. The summed E-state index contributed by atoms with van der Waals surface area (Å²) in [4.78, 5) is 4.22. The molecule has 1 unspecified atom stereocenters. The zero-order valence-electron chi connectivity index (χ0n) is 11.6. The van der Waals surface area contributed by atoms with E-state index in [1.807, 2.05) is 31.7 Å². The molecule has 5 nitrogen and oxygen atoms in total. The normalized spacial score (nSPS) is 13.2. The van der Waals surface area contributed by atoms with Crippen molar-refractivity contribution in [1.29, 1.82) is 0 Å². The number of nitrogens with zero attached hydrogens (tertiary/aromatic N) is 4. The molecule has 0 spiro atoms. The Morgan fingerprint density at radius 3 is 2.58 bits per heavy atom. The van der Waals surface area contributed by atoms with Crippen LogP contribution < -0.4 is 0 Å². The first-order chi connectivity index (χ1) is 8.91. The standard InChI is InChI=1S/C13H19ClN4O/c1-8(2)12-11(13(14)18(4)16-12)9(19)7-10-15-5-6-17(10)3/h5-6,8-9,19H,7H2,1-4H3. The fourth-order valence-corrected chi connectivity index (χ4v) is 2.40. The molecular formula is C13H19ClN4O. The van der Waals surface area contributed by atoms with Gasteiger partial charge in [-0.1, -0.05) is 25.4 Å². The lowest BCUT2D eigenvalue weighted by Gasteiger charge is -2.13. The molecule has 19 heavy (non-hydrogen) atoms. The van der Waals surface area contributed by atoms with Crippen LogP contribution in [-0.4, -0.2) is 24.4 Å². The molecule has 0 aromatic carbocycles. The molecular weight excluding hydrogens is 264 g/mol. The van der Waals surface area contributed by atoms with E-state index in [9.17, 15) is 5.11 Å². The number of imidazole rings is 1. The van der Waals surface area contributed by atoms with Crippen molar-refractivity contribution in [3.05, 3.63) is 34.6 Å². The Morgan fingerprint density at radius 2 is 2.05 bits per heavy atom. The molecule has 0 saturated carbocycles. The second kappa shape index (κ2) is 5.35. The van der Waals surface area contributed by atoms with E-state index in [-0.39, 0.29) is 5.92 Å². The topological polar surface area (TPSA) is 55.9 Å². The number of aromatic nitrogens is 4. The van der Waals surface area contributed by atoms with Gasteiger partial charge in [0.25, 0.3) is 0 Å². The highest BCUT2D eigenvalue weighted by Crippen LogP contribution is 2.32. The van der Waals surface area contributed by atoms with Crippen LogP contribution in [0.25, 0.3) is 0 Å². The lowest BCUT2D eigenvalue weighted by molar-refractivity contribution is 0.173. The summed E-state index contributed by atoms with van der Waals surface area (Å²) >= 11 is 6.25. The van der Waals surface area contributed by atoms with E-state index in [0.29, 0.717) is 17.1 Å². The number of hydrogen-bond acceptors (Lipinski definition) is 3. The predicted octanol–water partition coefficient (Wildman–Crippen LogP) is 2.21. The minimum atomic E-state index is -0.695. The number of rotatable bonds is 4. The molecule has 0 aliphatic carbocycles. The van der Waals surface area contributed by atoms with Crippen LogP contribution in [-0.2, 0) is 20.5 Å². The first-order valence-corrected chi connectivity index (χ1v) is 6.66. The zero-order chi connectivity index (χ0) is 14.2. The van der Waals surface area contributed by atoms with Crippen molar-refractivity contribution in [2.45, 2.75) is 32.3 Å². The van der Waals surface area contributed by atoms with E-state index in [4.69, 9.17) is 11.6 Å². The molecule has 6 heteroatoms. The third kappa shape index (κ3) is 2.67. The van der Waals surface area contributed by atoms with Crippen LogP contribution in [0.15, 0.2) is 12.4 Å². The molecule has 0 saturated heterocycles. The Morgan fingerprint density at radius 1 is 1.37 bits per heavy atom. The van der Waals surface area contributed by atoms with Gasteiger partial charge < -0.3 is 9.67 Å². The second-order valence-corrected chi connectivity index (χ2v) is 5.40. The van der Waals surface area contributed by atoms with Crippen LogP contribution >= 0.6 is 11.6 Å². The summed E-state index contributed by atoms with van der Waals surface area (Å²) in [5, 5.41) is 15.3. The molecule has 104 valence electrons. The fourth-order valence-electron chi connectivity index (χ4n) is 2.14. The molecule has 0 aliphatic rings. The van der Waals surface area contributed by atoms with Crippen molar-refractivity contribution in [3.8, 4) is 0 Å². The van der Waals surface area contributed by atoms with E-state index >= 15 is 0 Å². The summed E-state index contributed by atoms with van der Waals surface area (Å²) in [5.41, 5.74) is 1.55. The van der Waals surface area contributed by atoms with Crippen LogP contribution in [0.2, 0.25) is 5.15 Å². The molecule has 2 rings (SSSR count). The Balaban J connectivity index is 2.33. The number of aliphatic hydroxyl groups excluding tert-OH is 1. The Bertz CT molecular complexity index is 573. The Hall–Kier alpha value is -1.33. The Labute approximate surface area is 117 Å². The molecule has 2 aromatic rings. The van der Waals surface area contributed by atoms with Gasteiger partial charge in [-0.2, -0.15) is 5.10 Å². The molecule has 0 fully saturated rings. The lowest BCUT2D eigenvalue weighted by atomic mass is 10.0. The quantitative estimate of drug-likeness (QED) is 0.935. The van der Waals surface area contributed by atoms with E-state index < -0.39 is 6.10 Å². The molecule has 1 N–H and O–H groups in total. The minimum Gasteiger partial charge on any atom is -0.388 e. The van der Waals surface area contributed by atoms with Crippen LogP contribution in [0, 0.1) is 0 Å². The van der Waals surface area contributed by atoms with Crippen LogP contribution in [0.1, 0.15) is 43.0 Å². The minimum absolute atomic E-state index is 0.213. The third-order valence-electron chi connectivity index (χ3n) is 3.22. The van der Waals surface area contributed by atoms with Gasteiger partial charge in [0, 0.05) is 38.5 Å². The fraction of sp³-hybridized carbons (Fsp3) is 0.538. The van der Waals surface area contributed by atoms with Gasteiger partial charge in [0.2, 0.25) is 0 Å². The van der Waals surface area contributed by atoms with Gasteiger partial charge in [-0.25, -0.2) is 4.98 Å². The zero-order valence-corrected chi connectivity index (χ0v) is 12.4. The predicted molar refractivity (Wildman–Crippen MR) is 74.2 cm³/mol. The summed E-state index contributed by atoms with van der Waals surface area (Å²) in [6.45, 7) is 4.07. The van der Waals surface area contributed by atoms with Gasteiger partial charge in [-0.15, -0.1) is 0 Å². The number of halogens is 1. The van der Waals surface area contributed by atoms with Gasteiger partial charge in [0.15, 0.2) is 0 Å². The first-order valence-electron chi connectivity index (χ1n) is 6.28. The monoisotopic (exact) mass is 282 g/mol. The van der Waals surface area contributed by atoms with E-state index in [1.54, 1.807) is 17.9 Å². The number of aliphatic hydroxyl groups is 1. The number of aryl methyl sites for hydroxylation is 2. The summed E-state index contributed by atoms with van der Waals surface area (Å²) in [6.07, 6.45) is 3.31. The maximum Gasteiger partial charge on any atom is 0.132 e. The van der Waals surface area contributed by atoms with Gasteiger partial charge in [-0.3, -0.25) is 4.68 Å². The van der Waals surface area contributed by atoms with Crippen LogP contribution in [0.3, 0.4) is 0 Å². The molecule has 0 aliphatic heterocycles. The summed E-state index contributed by atoms with van der Waals surface area (Å²) in [6, 6.07) is 0. The third-order valence-corrected chi connectivity index (χ3v) is 3.67. The maximum atomic E-state index is 10.4. The lowest BCUT2D eigenvalue weighted by Crippen LogP contribution is -2.09. The molecule has 0 radical (unpaired) electrons. The smallest absolute Gasteiger partial charge is 0.132 e. The van der Waals surface area contributed by atoms with Crippen molar-refractivity contribution in [1.82, 2.24) is 19.3 Å². The van der Waals surface area contributed by atoms with Gasteiger partial charge in [-0.05, 0) is 5.92 Å². The largest absolute Gasteiger partial charge is 0.388 e. The molecule has 2 heterocycles. The van der Waals surface area contributed by atoms with Gasteiger partial charge in [0.1, 0.15) is 11.0 Å². The van der Waals surface area contributed by atoms with Crippen molar-refractivity contribution in [2.75, 3.05) is 0 Å². The van der Waals surface area contributed by atoms with Gasteiger partial charge in [0.05, 0.1) is 11.8 Å². The summed E-state index contributed by atoms with van der Waals surface area (Å²) in [7, 11) is 3.69.